The van der Waals surface area contributed by atoms with Crippen LogP contribution in [0.15, 0.2) is 231 Å². The molecule has 0 fully saturated rings. The first kappa shape index (κ1) is 43.0. The number of hydrogen-bond acceptors (Lipinski definition) is 3. The maximum absolute atomic E-state index is 5.20. The summed E-state index contributed by atoms with van der Waals surface area (Å²) in [7, 11) is 0. The van der Waals surface area contributed by atoms with Crippen LogP contribution in [-0.4, -0.2) is 9.55 Å². The van der Waals surface area contributed by atoms with Gasteiger partial charge in [0.2, 0.25) is 0 Å². The fraction of sp³-hybridized carbons (Fsp3) is 0.127. The molecule has 0 aliphatic heterocycles. The fourth-order valence-corrected chi connectivity index (χ4v) is 8.97. The Balaban J connectivity index is 0.911. The number of nitrogens with zero attached hydrogens (tertiary/aromatic N) is 4. The lowest BCUT2D eigenvalue weighted by Gasteiger charge is -2.27. The lowest BCUT2D eigenvalue weighted by molar-refractivity contribution is 0.590. The Morgan fingerprint density at radius 1 is 0.313 bits per heavy atom. The van der Waals surface area contributed by atoms with Gasteiger partial charge in [-0.2, -0.15) is 0 Å². The maximum Gasteiger partial charge on any atom is 0.145 e. The highest BCUT2D eigenvalue weighted by Crippen LogP contribution is 2.39. The van der Waals surface area contributed by atoms with Crippen LogP contribution >= 0.6 is 0 Å². The van der Waals surface area contributed by atoms with Gasteiger partial charge in [0.05, 0.1) is 11.0 Å². The van der Waals surface area contributed by atoms with Crippen LogP contribution in [0, 0.1) is 0 Å². The molecule has 0 atom stereocenters. The molecule has 9 aromatic carbocycles. The second-order valence-corrected chi connectivity index (χ2v) is 19.4. The summed E-state index contributed by atoms with van der Waals surface area (Å²) in [5, 5.41) is 0. The number of benzene rings is 9. The molecular formula is C63H56N4. The molecule has 0 spiro atoms. The molecule has 1 heterocycles. The molecule has 0 N–H and O–H groups in total. The molecule has 0 unspecified atom stereocenters. The standard InChI is InChI=1S/C63H56N4/c1-62(2,3)50-31-41-56(42-32-50)65(52-15-9-7-10-16-52)54-35-25-46(26-36-54)45-21-23-49(24-22-45)61-64-59-19-13-14-20-60(59)67(61)58-39-29-48(30-40-58)47-27-37-55(38-28-47)66(53-17-11-8-12-18-53)57-43-33-51(34-44-57)63(4,5)6/h7-44H,1-6H3. The molecule has 0 radical (unpaired) electrons. The molecule has 0 amide bonds. The molecule has 0 aliphatic rings. The summed E-state index contributed by atoms with van der Waals surface area (Å²) in [6, 6.07) is 82.9. The van der Waals surface area contributed by atoms with Crippen LogP contribution in [0.25, 0.3) is 50.4 Å². The molecule has 4 nitrogen and oxygen atoms in total. The van der Waals surface area contributed by atoms with E-state index in [0.717, 1.165) is 84.5 Å². The third-order valence-electron chi connectivity index (χ3n) is 12.8. The van der Waals surface area contributed by atoms with Crippen molar-refractivity contribution >= 4 is 45.2 Å². The van der Waals surface area contributed by atoms with Gasteiger partial charge in [-0.3, -0.25) is 4.57 Å². The summed E-state index contributed by atoms with van der Waals surface area (Å²) in [6.45, 7) is 13.5. The molecule has 0 aliphatic carbocycles. The minimum absolute atomic E-state index is 0.0916. The molecule has 0 saturated carbocycles. The maximum atomic E-state index is 5.20. The SMILES string of the molecule is CC(C)(C)c1ccc(N(c2ccccc2)c2ccc(-c3ccc(-c4nc5ccccc5n4-c4ccc(-c5ccc(N(c6ccccc6)c6ccc(C(C)(C)C)cc6)cc5)cc4)cc3)cc2)cc1. The summed E-state index contributed by atoms with van der Waals surface area (Å²) in [6.07, 6.45) is 0. The molecule has 10 rings (SSSR count). The quantitative estimate of drug-likeness (QED) is 0.137. The Morgan fingerprint density at radius 2 is 0.627 bits per heavy atom. The smallest absolute Gasteiger partial charge is 0.145 e. The van der Waals surface area contributed by atoms with E-state index in [4.69, 9.17) is 4.98 Å². The number of fused-ring (bicyclic) bond motifs is 1. The minimum atomic E-state index is 0.0916. The van der Waals surface area contributed by atoms with E-state index in [-0.39, 0.29) is 10.8 Å². The highest BCUT2D eigenvalue weighted by Gasteiger charge is 2.20. The molecule has 4 heteroatoms. The Labute approximate surface area is 396 Å². The van der Waals surface area contributed by atoms with Crippen LogP contribution in [0.5, 0.6) is 0 Å². The lowest BCUT2D eigenvalue weighted by atomic mass is 9.87. The van der Waals surface area contributed by atoms with E-state index in [1.54, 1.807) is 0 Å². The van der Waals surface area contributed by atoms with E-state index in [1.165, 1.54) is 11.1 Å². The molecule has 0 saturated heterocycles. The molecular weight excluding hydrogens is 813 g/mol. The van der Waals surface area contributed by atoms with E-state index < -0.39 is 0 Å². The fourth-order valence-electron chi connectivity index (χ4n) is 8.97. The highest BCUT2D eigenvalue weighted by atomic mass is 15.1. The number of anilines is 6. The van der Waals surface area contributed by atoms with Gasteiger partial charge in [-0.05, 0) is 141 Å². The zero-order chi connectivity index (χ0) is 46.1. The van der Waals surface area contributed by atoms with Gasteiger partial charge in [-0.15, -0.1) is 0 Å². The minimum Gasteiger partial charge on any atom is -0.311 e. The van der Waals surface area contributed by atoms with Crippen molar-refractivity contribution in [3.8, 4) is 39.3 Å². The van der Waals surface area contributed by atoms with Crippen molar-refractivity contribution < 1.29 is 0 Å². The van der Waals surface area contributed by atoms with Crippen LogP contribution in [0.2, 0.25) is 0 Å². The van der Waals surface area contributed by atoms with Gasteiger partial charge < -0.3 is 9.80 Å². The van der Waals surface area contributed by atoms with Crippen molar-refractivity contribution in [3.63, 3.8) is 0 Å². The predicted molar refractivity (Wildman–Crippen MR) is 284 cm³/mol. The van der Waals surface area contributed by atoms with Crippen LogP contribution in [0.4, 0.5) is 34.1 Å². The van der Waals surface area contributed by atoms with Crippen molar-refractivity contribution in [2.45, 2.75) is 52.4 Å². The first-order valence-electron chi connectivity index (χ1n) is 23.3. The number of aromatic nitrogens is 2. The summed E-state index contributed by atoms with van der Waals surface area (Å²) in [5.41, 5.74) is 18.3. The van der Waals surface area contributed by atoms with Crippen LogP contribution < -0.4 is 9.80 Å². The Hall–Kier alpha value is -7.95. The van der Waals surface area contributed by atoms with Crippen molar-refractivity contribution in [1.29, 1.82) is 0 Å². The van der Waals surface area contributed by atoms with Crippen LogP contribution in [0.3, 0.4) is 0 Å². The number of hydrogen-bond donors (Lipinski definition) is 0. The number of rotatable bonds is 10. The first-order valence-corrected chi connectivity index (χ1v) is 23.3. The summed E-state index contributed by atoms with van der Waals surface area (Å²) in [4.78, 5) is 9.84. The average Bonchev–Trinajstić information content (AvgIpc) is 3.75. The van der Waals surface area contributed by atoms with Crippen molar-refractivity contribution in [2.75, 3.05) is 9.80 Å². The van der Waals surface area contributed by atoms with E-state index in [2.05, 4.69) is 286 Å². The third-order valence-corrected chi connectivity index (χ3v) is 12.8. The average molecular weight is 869 g/mol. The Bertz CT molecular complexity index is 3230. The van der Waals surface area contributed by atoms with E-state index in [9.17, 15) is 0 Å². The number of imidazole rings is 1. The molecule has 328 valence electrons. The highest BCUT2D eigenvalue weighted by molar-refractivity contribution is 5.85. The second kappa shape index (κ2) is 17.8. The lowest BCUT2D eigenvalue weighted by Crippen LogP contribution is -2.13. The summed E-state index contributed by atoms with van der Waals surface area (Å²) in [5.74, 6) is 0.910. The number of para-hydroxylation sites is 4. The third kappa shape index (κ3) is 8.91. The van der Waals surface area contributed by atoms with Gasteiger partial charge in [0.25, 0.3) is 0 Å². The van der Waals surface area contributed by atoms with Crippen molar-refractivity contribution in [1.82, 2.24) is 9.55 Å². The largest absolute Gasteiger partial charge is 0.311 e. The van der Waals surface area contributed by atoms with Gasteiger partial charge in [0, 0.05) is 45.4 Å². The second-order valence-electron chi connectivity index (χ2n) is 19.4. The zero-order valence-electron chi connectivity index (χ0n) is 39.2. The topological polar surface area (TPSA) is 24.3 Å². The van der Waals surface area contributed by atoms with Crippen LogP contribution in [0.1, 0.15) is 52.7 Å². The zero-order valence-corrected chi connectivity index (χ0v) is 39.2. The van der Waals surface area contributed by atoms with Gasteiger partial charge in [-0.1, -0.05) is 175 Å². The van der Waals surface area contributed by atoms with Crippen molar-refractivity contribution in [3.05, 3.63) is 242 Å². The van der Waals surface area contributed by atoms with Gasteiger partial charge in [0.1, 0.15) is 5.82 Å². The van der Waals surface area contributed by atoms with E-state index >= 15 is 0 Å². The molecule has 1 aromatic heterocycles. The predicted octanol–water partition coefficient (Wildman–Crippen LogP) is 17.6. The first-order chi connectivity index (χ1) is 32.5. The van der Waals surface area contributed by atoms with E-state index in [0.29, 0.717) is 0 Å². The van der Waals surface area contributed by atoms with Gasteiger partial charge in [0.15, 0.2) is 0 Å². The monoisotopic (exact) mass is 868 g/mol. The Kier molecular flexibility index (Phi) is 11.4. The summed E-state index contributed by atoms with van der Waals surface area (Å²) >= 11 is 0. The van der Waals surface area contributed by atoms with Gasteiger partial charge >= 0.3 is 0 Å². The van der Waals surface area contributed by atoms with E-state index in [1.807, 2.05) is 0 Å². The molecule has 0 bridgehead atoms. The van der Waals surface area contributed by atoms with Gasteiger partial charge in [-0.25, -0.2) is 4.98 Å². The van der Waals surface area contributed by atoms with Crippen molar-refractivity contribution in [2.24, 2.45) is 0 Å². The molecule has 67 heavy (non-hydrogen) atoms. The van der Waals surface area contributed by atoms with Crippen LogP contribution in [-0.2, 0) is 10.8 Å². The summed E-state index contributed by atoms with van der Waals surface area (Å²) < 4.78 is 2.28. The normalized spacial score (nSPS) is 11.7. The molecule has 10 aromatic rings. The Morgan fingerprint density at radius 3 is 1.03 bits per heavy atom.